The minimum atomic E-state index is -0.150. The van der Waals surface area contributed by atoms with Gasteiger partial charge in [-0.2, -0.15) is 0 Å². The van der Waals surface area contributed by atoms with Gasteiger partial charge in [-0.25, -0.2) is 0 Å². The quantitative estimate of drug-likeness (QED) is 0.871. The molecule has 3 rings (SSSR count). The number of halogens is 1. The molecule has 98 valence electrons. The van der Waals surface area contributed by atoms with Crippen LogP contribution in [0.15, 0.2) is 36.5 Å². The number of nitrogens with one attached hydrogen (secondary N) is 1. The van der Waals surface area contributed by atoms with Crippen LogP contribution in [0, 0.1) is 5.92 Å². The van der Waals surface area contributed by atoms with E-state index in [1.807, 2.05) is 30.3 Å². The Morgan fingerprint density at radius 2 is 2.16 bits per heavy atom. The van der Waals surface area contributed by atoms with E-state index in [0.29, 0.717) is 18.2 Å². The number of pyridine rings is 1. The van der Waals surface area contributed by atoms with Crippen molar-refractivity contribution in [1.29, 1.82) is 0 Å². The Kier molecular flexibility index (Phi) is 3.38. The molecule has 1 atom stereocenters. The predicted molar refractivity (Wildman–Crippen MR) is 76.4 cm³/mol. The molecule has 2 aromatic rings. The Labute approximate surface area is 117 Å². The third-order valence-corrected chi connectivity index (χ3v) is 3.99. The van der Waals surface area contributed by atoms with Gasteiger partial charge in [0, 0.05) is 18.1 Å². The van der Waals surface area contributed by atoms with Crippen molar-refractivity contribution in [3.63, 3.8) is 0 Å². The number of alkyl halides is 1. The van der Waals surface area contributed by atoms with Crippen molar-refractivity contribution >= 4 is 28.3 Å². The van der Waals surface area contributed by atoms with Gasteiger partial charge < -0.3 is 5.32 Å². The molecular weight excluding hydrogens is 260 g/mol. The lowest BCUT2D eigenvalue weighted by Gasteiger charge is -2.10. The lowest BCUT2D eigenvalue weighted by Crippen LogP contribution is -2.31. The second-order valence-electron chi connectivity index (χ2n) is 4.94. The molecule has 0 aliphatic heterocycles. The maximum Gasteiger partial charge on any atom is 0.270 e. The summed E-state index contributed by atoms with van der Waals surface area (Å²) in [6, 6.07) is 9.65. The minimum absolute atomic E-state index is 0.0407. The molecule has 3 nitrogen and oxygen atoms in total. The zero-order valence-corrected chi connectivity index (χ0v) is 11.2. The van der Waals surface area contributed by atoms with Gasteiger partial charge in [-0.1, -0.05) is 24.3 Å². The standard InChI is InChI=1S/C15H15ClN2O/c16-13(11-5-6-11)9-18-15(19)14-12-4-2-1-3-10(12)7-8-17-14/h1-4,7-8,11,13H,5-6,9H2,(H,18,19). The Hall–Kier alpha value is -1.61. The number of rotatable bonds is 4. The van der Waals surface area contributed by atoms with E-state index < -0.39 is 0 Å². The van der Waals surface area contributed by atoms with E-state index in [4.69, 9.17) is 11.6 Å². The fourth-order valence-corrected chi connectivity index (χ4v) is 2.53. The fraction of sp³-hybridized carbons (Fsp3) is 0.333. The topological polar surface area (TPSA) is 42.0 Å². The molecule has 1 aliphatic rings. The smallest absolute Gasteiger partial charge is 0.270 e. The highest BCUT2D eigenvalue weighted by molar-refractivity contribution is 6.21. The van der Waals surface area contributed by atoms with Gasteiger partial charge in [0.15, 0.2) is 0 Å². The molecule has 0 radical (unpaired) electrons. The van der Waals surface area contributed by atoms with Gasteiger partial charge in [0.2, 0.25) is 0 Å². The van der Waals surface area contributed by atoms with Gasteiger partial charge in [-0.3, -0.25) is 9.78 Å². The second-order valence-corrected chi connectivity index (χ2v) is 5.50. The number of fused-ring (bicyclic) bond motifs is 1. The van der Waals surface area contributed by atoms with Crippen LogP contribution in [0.1, 0.15) is 23.3 Å². The average Bonchev–Trinajstić information content (AvgIpc) is 3.28. The van der Waals surface area contributed by atoms with Crippen molar-refractivity contribution in [3.05, 3.63) is 42.2 Å². The first kappa shape index (κ1) is 12.4. The number of amides is 1. The highest BCUT2D eigenvalue weighted by Gasteiger charge is 2.29. The summed E-state index contributed by atoms with van der Waals surface area (Å²) in [5, 5.41) is 4.82. The van der Waals surface area contributed by atoms with Gasteiger partial charge in [-0.15, -0.1) is 11.6 Å². The summed E-state index contributed by atoms with van der Waals surface area (Å²) in [6.45, 7) is 0.510. The normalized spacial score (nSPS) is 16.3. The van der Waals surface area contributed by atoms with E-state index in [-0.39, 0.29) is 11.3 Å². The maximum absolute atomic E-state index is 12.2. The molecule has 1 aliphatic carbocycles. The minimum Gasteiger partial charge on any atom is -0.349 e. The monoisotopic (exact) mass is 274 g/mol. The van der Waals surface area contributed by atoms with Crippen LogP contribution in [0.4, 0.5) is 0 Å². The molecule has 4 heteroatoms. The Morgan fingerprint density at radius 1 is 1.37 bits per heavy atom. The SMILES string of the molecule is O=C(NCC(Cl)C1CC1)c1nccc2ccccc12. The first-order chi connectivity index (χ1) is 9.25. The van der Waals surface area contributed by atoms with E-state index in [1.165, 1.54) is 12.8 Å². The van der Waals surface area contributed by atoms with Crippen molar-refractivity contribution in [3.8, 4) is 0 Å². The number of aromatic nitrogens is 1. The zero-order valence-electron chi connectivity index (χ0n) is 10.5. The maximum atomic E-state index is 12.2. The van der Waals surface area contributed by atoms with E-state index >= 15 is 0 Å². The zero-order chi connectivity index (χ0) is 13.2. The van der Waals surface area contributed by atoms with Crippen molar-refractivity contribution in [2.75, 3.05) is 6.54 Å². The van der Waals surface area contributed by atoms with Gasteiger partial charge in [0.05, 0.1) is 5.38 Å². The van der Waals surface area contributed by atoms with E-state index in [2.05, 4.69) is 10.3 Å². The number of hydrogen-bond donors (Lipinski definition) is 1. The molecule has 0 saturated heterocycles. The number of nitrogens with zero attached hydrogens (tertiary/aromatic N) is 1. The summed E-state index contributed by atoms with van der Waals surface area (Å²) >= 11 is 6.19. The van der Waals surface area contributed by atoms with Crippen LogP contribution >= 0.6 is 11.6 Å². The van der Waals surface area contributed by atoms with Crippen LogP contribution < -0.4 is 5.32 Å². The van der Waals surface area contributed by atoms with E-state index in [9.17, 15) is 4.79 Å². The first-order valence-corrected chi connectivity index (χ1v) is 6.95. The summed E-state index contributed by atoms with van der Waals surface area (Å²) in [5.74, 6) is 0.422. The van der Waals surface area contributed by atoms with Crippen molar-refractivity contribution in [2.24, 2.45) is 5.92 Å². The Balaban J connectivity index is 1.77. The predicted octanol–water partition coefficient (Wildman–Crippen LogP) is 2.98. The third kappa shape index (κ3) is 2.71. The summed E-state index contributed by atoms with van der Waals surface area (Å²) < 4.78 is 0. The van der Waals surface area contributed by atoms with Crippen LogP contribution in [0.25, 0.3) is 10.8 Å². The van der Waals surface area contributed by atoms with Gasteiger partial charge >= 0.3 is 0 Å². The fourth-order valence-electron chi connectivity index (χ4n) is 2.20. The number of carbonyl (C=O) groups excluding carboxylic acids is 1. The average molecular weight is 275 g/mol. The summed E-state index contributed by atoms with van der Waals surface area (Å²) in [6.07, 6.45) is 4.02. The van der Waals surface area contributed by atoms with Crippen molar-refractivity contribution in [2.45, 2.75) is 18.2 Å². The summed E-state index contributed by atoms with van der Waals surface area (Å²) in [4.78, 5) is 16.4. The molecule has 0 spiro atoms. The summed E-state index contributed by atoms with van der Waals surface area (Å²) in [7, 11) is 0. The van der Waals surface area contributed by atoms with Crippen LogP contribution in [-0.4, -0.2) is 22.8 Å². The first-order valence-electron chi connectivity index (χ1n) is 6.52. The number of benzene rings is 1. The third-order valence-electron chi connectivity index (χ3n) is 3.48. The summed E-state index contributed by atoms with van der Waals surface area (Å²) in [5.41, 5.74) is 0.470. The number of carbonyl (C=O) groups is 1. The van der Waals surface area contributed by atoms with Crippen LogP contribution in [-0.2, 0) is 0 Å². The van der Waals surface area contributed by atoms with E-state index in [1.54, 1.807) is 6.20 Å². The molecule has 1 aromatic carbocycles. The highest BCUT2D eigenvalue weighted by Crippen LogP contribution is 2.35. The van der Waals surface area contributed by atoms with Gasteiger partial charge in [-0.05, 0) is 30.2 Å². The van der Waals surface area contributed by atoms with Crippen molar-refractivity contribution < 1.29 is 4.79 Å². The molecular formula is C15H15ClN2O. The van der Waals surface area contributed by atoms with Crippen LogP contribution in [0.5, 0.6) is 0 Å². The largest absolute Gasteiger partial charge is 0.349 e. The molecule has 1 heterocycles. The van der Waals surface area contributed by atoms with Crippen molar-refractivity contribution in [1.82, 2.24) is 10.3 Å². The lowest BCUT2D eigenvalue weighted by atomic mass is 10.1. The Bertz CT molecular complexity index is 605. The molecule has 1 saturated carbocycles. The van der Waals surface area contributed by atoms with Gasteiger partial charge in [0.1, 0.15) is 5.69 Å². The second kappa shape index (κ2) is 5.17. The molecule has 19 heavy (non-hydrogen) atoms. The molecule has 1 aromatic heterocycles. The number of hydrogen-bond acceptors (Lipinski definition) is 2. The molecule has 1 fully saturated rings. The van der Waals surface area contributed by atoms with Gasteiger partial charge in [0.25, 0.3) is 5.91 Å². The molecule has 0 bridgehead atoms. The van der Waals surface area contributed by atoms with E-state index in [0.717, 1.165) is 10.8 Å². The Morgan fingerprint density at radius 3 is 2.95 bits per heavy atom. The van der Waals surface area contributed by atoms with Crippen LogP contribution in [0.3, 0.4) is 0 Å². The molecule has 1 N–H and O–H groups in total. The molecule has 1 amide bonds. The highest BCUT2D eigenvalue weighted by atomic mass is 35.5. The van der Waals surface area contributed by atoms with Crippen LogP contribution in [0.2, 0.25) is 0 Å². The lowest BCUT2D eigenvalue weighted by molar-refractivity contribution is 0.0950. The molecule has 1 unspecified atom stereocenters.